The zero-order valence-electron chi connectivity index (χ0n) is 6.76. The van der Waals surface area contributed by atoms with E-state index in [9.17, 15) is 4.39 Å². The molecule has 0 aliphatic heterocycles. The number of rotatable bonds is 2. The van der Waals surface area contributed by atoms with Gasteiger partial charge in [-0.15, -0.1) is 0 Å². The minimum Gasteiger partial charge on any atom is -0.313 e. The largest absolute Gasteiger partial charge is 0.313 e. The van der Waals surface area contributed by atoms with Crippen LogP contribution >= 0.6 is 0 Å². The lowest BCUT2D eigenvalue weighted by atomic mass is 10.1. The molecule has 0 fully saturated rings. The molecule has 0 bridgehead atoms. The van der Waals surface area contributed by atoms with Gasteiger partial charge in [-0.3, -0.25) is 0 Å². The van der Waals surface area contributed by atoms with E-state index in [1.54, 1.807) is 12.1 Å². The van der Waals surface area contributed by atoms with Gasteiger partial charge in [0.15, 0.2) is 0 Å². The summed E-state index contributed by atoms with van der Waals surface area (Å²) in [6.45, 7) is 1.93. The van der Waals surface area contributed by atoms with Crippen LogP contribution in [-0.2, 0) is 0 Å². The second-order valence-electron chi connectivity index (χ2n) is 2.53. The highest BCUT2D eigenvalue weighted by Gasteiger charge is 2.05. The number of benzene rings is 1. The predicted octanol–water partition coefficient (Wildman–Crippen LogP) is 2.11. The summed E-state index contributed by atoms with van der Waals surface area (Å²) in [6.07, 6.45) is 0. The first kappa shape index (κ1) is 8.21. The van der Waals surface area contributed by atoms with E-state index in [1.807, 2.05) is 20.0 Å². The number of hydrogen-bond acceptors (Lipinski definition) is 1. The Bertz CT molecular complexity index is 235. The highest BCUT2D eigenvalue weighted by molar-refractivity contribution is 5.20. The maximum absolute atomic E-state index is 13.0. The van der Waals surface area contributed by atoms with Crippen LogP contribution in [0.1, 0.15) is 18.5 Å². The molecule has 1 rings (SSSR count). The Morgan fingerprint density at radius 1 is 1.36 bits per heavy atom. The van der Waals surface area contributed by atoms with Crippen molar-refractivity contribution in [1.29, 1.82) is 0 Å². The van der Waals surface area contributed by atoms with Gasteiger partial charge in [0.1, 0.15) is 5.82 Å². The number of halogens is 1. The van der Waals surface area contributed by atoms with E-state index < -0.39 is 0 Å². The van der Waals surface area contributed by atoms with Crippen LogP contribution in [0, 0.1) is 5.82 Å². The van der Waals surface area contributed by atoms with Crippen LogP contribution < -0.4 is 5.32 Å². The molecular formula is C9H12FN. The maximum Gasteiger partial charge on any atom is 0.127 e. The van der Waals surface area contributed by atoms with E-state index in [1.165, 1.54) is 6.07 Å². The predicted molar refractivity (Wildman–Crippen MR) is 43.9 cm³/mol. The van der Waals surface area contributed by atoms with Crippen LogP contribution in [0.15, 0.2) is 24.3 Å². The Balaban J connectivity index is 2.93. The quantitative estimate of drug-likeness (QED) is 0.686. The van der Waals surface area contributed by atoms with Gasteiger partial charge in [0.2, 0.25) is 0 Å². The second kappa shape index (κ2) is 3.49. The van der Waals surface area contributed by atoms with Crippen molar-refractivity contribution in [2.24, 2.45) is 0 Å². The van der Waals surface area contributed by atoms with Crippen LogP contribution in [0.2, 0.25) is 0 Å². The van der Waals surface area contributed by atoms with E-state index in [2.05, 4.69) is 5.32 Å². The summed E-state index contributed by atoms with van der Waals surface area (Å²) in [5.74, 6) is -0.144. The molecule has 0 heterocycles. The second-order valence-corrected chi connectivity index (χ2v) is 2.53. The van der Waals surface area contributed by atoms with Crippen molar-refractivity contribution >= 4 is 0 Å². The van der Waals surface area contributed by atoms with Gasteiger partial charge < -0.3 is 5.32 Å². The zero-order chi connectivity index (χ0) is 8.27. The molecule has 0 aliphatic carbocycles. The van der Waals surface area contributed by atoms with Gasteiger partial charge in [-0.2, -0.15) is 0 Å². The van der Waals surface area contributed by atoms with Crippen LogP contribution in [-0.4, -0.2) is 7.05 Å². The summed E-state index contributed by atoms with van der Waals surface area (Å²) in [5.41, 5.74) is 0.718. The van der Waals surface area contributed by atoms with Gasteiger partial charge in [0.05, 0.1) is 0 Å². The summed E-state index contributed by atoms with van der Waals surface area (Å²) in [5, 5.41) is 2.98. The fourth-order valence-electron chi connectivity index (χ4n) is 0.982. The van der Waals surface area contributed by atoms with Crippen molar-refractivity contribution < 1.29 is 4.39 Å². The molecule has 1 aromatic rings. The van der Waals surface area contributed by atoms with Gasteiger partial charge >= 0.3 is 0 Å². The summed E-state index contributed by atoms with van der Waals surface area (Å²) in [6, 6.07) is 6.88. The molecule has 0 saturated carbocycles. The zero-order valence-corrected chi connectivity index (χ0v) is 6.76. The summed E-state index contributed by atoms with van der Waals surface area (Å²) < 4.78 is 13.0. The third-order valence-corrected chi connectivity index (χ3v) is 1.80. The molecule has 0 aliphatic rings. The van der Waals surface area contributed by atoms with Crippen molar-refractivity contribution in [1.82, 2.24) is 5.32 Å². The lowest BCUT2D eigenvalue weighted by Crippen LogP contribution is -2.13. The number of nitrogens with one attached hydrogen (secondary N) is 1. The molecule has 1 aromatic carbocycles. The Kier molecular flexibility index (Phi) is 2.60. The Hall–Kier alpha value is -0.890. The molecule has 0 aromatic heterocycles. The molecule has 0 saturated heterocycles. The van der Waals surface area contributed by atoms with Gasteiger partial charge in [-0.05, 0) is 20.0 Å². The normalized spacial score (nSPS) is 13.0. The third-order valence-electron chi connectivity index (χ3n) is 1.80. The smallest absolute Gasteiger partial charge is 0.127 e. The van der Waals surface area contributed by atoms with Gasteiger partial charge in [0.25, 0.3) is 0 Å². The first-order chi connectivity index (χ1) is 5.25. The highest BCUT2D eigenvalue weighted by atomic mass is 19.1. The molecule has 1 N–H and O–H groups in total. The molecule has 11 heavy (non-hydrogen) atoms. The molecule has 1 atom stereocenters. The van der Waals surface area contributed by atoms with E-state index in [0.717, 1.165) is 5.56 Å². The van der Waals surface area contributed by atoms with Crippen LogP contribution in [0.5, 0.6) is 0 Å². The Labute approximate surface area is 66.2 Å². The fraction of sp³-hybridized carbons (Fsp3) is 0.333. The summed E-state index contributed by atoms with van der Waals surface area (Å²) in [4.78, 5) is 0. The minimum atomic E-state index is -0.144. The fourth-order valence-corrected chi connectivity index (χ4v) is 0.982. The maximum atomic E-state index is 13.0. The Morgan fingerprint density at radius 3 is 2.55 bits per heavy atom. The lowest BCUT2D eigenvalue weighted by Gasteiger charge is -2.10. The highest BCUT2D eigenvalue weighted by Crippen LogP contribution is 2.14. The first-order valence-corrected chi connectivity index (χ1v) is 3.67. The van der Waals surface area contributed by atoms with E-state index >= 15 is 0 Å². The van der Waals surface area contributed by atoms with Crippen molar-refractivity contribution in [2.45, 2.75) is 13.0 Å². The standard InChI is InChI=1S/C9H12FN/c1-7(11-2)8-5-3-4-6-9(8)10/h3-7,11H,1-2H3/t7-/m0/s1. The molecule has 0 radical (unpaired) electrons. The third kappa shape index (κ3) is 1.77. The topological polar surface area (TPSA) is 12.0 Å². The molecule has 0 amide bonds. The van der Waals surface area contributed by atoms with Crippen molar-refractivity contribution in [3.05, 3.63) is 35.6 Å². The van der Waals surface area contributed by atoms with Crippen molar-refractivity contribution in [2.75, 3.05) is 7.05 Å². The summed E-state index contributed by atoms with van der Waals surface area (Å²) >= 11 is 0. The monoisotopic (exact) mass is 153 g/mol. The van der Waals surface area contributed by atoms with E-state index in [-0.39, 0.29) is 11.9 Å². The summed E-state index contributed by atoms with van der Waals surface area (Å²) in [7, 11) is 1.82. The average Bonchev–Trinajstić information content (AvgIpc) is 2.04. The lowest BCUT2D eigenvalue weighted by molar-refractivity contribution is 0.562. The molecule has 60 valence electrons. The molecule has 2 heteroatoms. The van der Waals surface area contributed by atoms with Gasteiger partial charge in [-0.1, -0.05) is 18.2 Å². The Morgan fingerprint density at radius 2 is 2.00 bits per heavy atom. The molecule has 0 spiro atoms. The van der Waals surface area contributed by atoms with Crippen LogP contribution in [0.3, 0.4) is 0 Å². The SMILES string of the molecule is CN[C@@H](C)c1ccccc1F. The van der Waals surface area contributed by atoms with E-state index in [0.29, 0.717) is 0 Å². The minimum absolute atomic E-state index is 0.0798. The van der Waals surface area contributed by atoms with Gasteiger partial charge in [-0.25, -0.2) is 4.39 Å². The molecule has 0 unspecified atom stereocenters. The number of hydrogen-bond donors (Lipinski definition) is 1. The first-order valence-electron chi connectivity index (χ1n) is 3.67. The van der Waals surface area contributed by atoms with Crippen LogP contribution in [0.25, 0.3) is 0 Å². The van der Waals surface area contributed by atoms with E-state index in [4.69, 9.17) is 0 Å². The average molecular weight is 153 g/mol. The van der Waals surface area contributed by atoms with Gasteiger partial charge in [0, 0.05) is 11.6 Å². The molecular weight excluding hydrogens is 141 g/mol. The van der Waals surface area contributed by atoms with Crippen LogP contribution in [0.4, 0.5) is 4.39 Å². The molecule has 1 nitrogen and oxygen atoms in total. The van der Waals surface area contributed by atoms with Crippen molar-refractivity contribution in [3.63, 3.8) is 0 Å². The van der Waals surface area contributed by atoms with Crippen molar-refractivity contribution in [3.8, 4) is 0 Å².